The number of aromatic nitrogens is 2. The van der Waals surface area contributed by atoms with Crippen molar-refractivity contribution in [1.82, 2.24) is 9.78 Å². The Bertz CT molecular complexity index is 298. The minimum absolute atomic E-state index is 0.207. The summed E-state index contributed by atoms with van der Waals surface area (Å²) >= 11 is 0. The van der Waals surface area contributed by atoms with Crippen LogP contribution < -0.4 is 0 Å². The SMILES string of the molecule is Cn1ccc(CC2COCCC2O)n1. The van der Waals surface area contributed by atoms with Crippen LogP contribution in [0, 0.1) is 5.92 Å². The summed E-state index contributed by atoms with van der Waals surface area (Å²) in [6.07, 6.45) is 3.25. The number of aryl methyl sites for hydroxylation is 1. The van der Waals surface area contributed by atoms with Crippen molar-refractivity contribution in [3.63, 3.8) is 0 Å². The summed E-state index contributed by atoms with van der Waals surface area (Å²) in [5, 5.41) is 14.0. The average molecular weight is 196 g/mol. The molecule has 2 unspecified atom stereocenters. The first-order valence-corrected chi connectivity index (χ1v) is 5.00. The van der Waals surface area contributed by atoms with Gasteiger partial charge in [-0.25, -0.2) is 0 Å². The summed E-state index contributed by atoms with van der Waals surface area (Å²) in [6.45, 7) is 1.33. The van der Waals surface area contributed by atoms with Crippen molar-refractivity contribution in [3.05, 3.63) is 18.0 Å². The Kier molecular flexibility index (Phi) is 2.84. The van der Waals surface area contributed by atoms with E-state index in [4.69, 9.17) is 4.74 Å². The number of aliphatic hydroxyl groups is 1. The molecule has 4 nitrogen and oxygen atoms in total. The van der Waals surface area contributed by atoms with Crippen LogP contribution in [0.15, 0.2) is 12.3 Å². The fourth-order valence-corrected chi connectivity index (χ4v) is 1.82. The molecule has 1 aromatic heterocycles. The standard InChI is InChI=1S/C10H16N2O2/c1-12-4-2-9(11-12)6-8-7-14-5-3-10(8)13/h2,4,8,10,13H,3,5-7H2,1H3. The van der Waals surface area contributed by atoms with Crippen molar-refractivity contribution in [2.75, 3.05) is 13.2 Å². The lowest BCUT2D eigenvalue weighted by Crippen LogP contribution is -2.33. The Morgan fingerprint density at radius 3 is 3.21 bits per heavy atom. The van der Waals surface area contributed by atoms with Gasteiger partial charge in [0, 0.05) is 25.8 Å². The van der Waals surface area contributed by atoms with Crippen LogP contribution in [0.5, 0.6) is 0 Å². The summed E-state index contributed by atoms with van der Waals surface area (Å²) in [5.41, 5.74) is 1.03. The van der Waals surface area contributed by atoms with Crippen LogP contribution in [0.3, 0.4) is 0 Å². The van der Waals surface area contributed by atoms with Crippen LogP contribution in [0.25, 0.3) is 0 Å². The summed E-state index contributed by atoms with van der Waals surface area (Å²) in [4.78, 5) is 0. The van der Waals surface area contributed by atoms with E-state index in [0.29, 0.717) is 13.2 Å². The van der Waals surface area contributed by atoms with E-state index in [1.54, 1.807) is 4.68 Å². The van der Waals surface area contributed by atoms with E-state index in [9.17, 15) is 5.11 Å². The first kappa shape index (κ1) is 9.68. The molecule has 1 aliphatic rings. The van der Waals surface area contributed by atoms with E-state index < -0.39 is 0 Å². The highest BCUT2D eigenvalue weighted by atomic mass is 16.5. The molecule has 4 heteroatoms. The number of nitrogens with zero attached hydrogens (tertiary/aromatic N) is 2. The molecule has 0 saturated carbocycles. The summed E-state index contributed by atoms with van der Waals surface area (Å²) in [7, 11) is 1.90. The van der Waals surface area contributed by atoms with Gasteiger partial charge in [0.1, 0.15) is 0 Å². The predicted octanol–water partition coefficient (Wildman–Crippen LogP) is 0.360. The van der Waals surface area contributed by atoms with Crippen LogP contribution in [0.1, 0.15) is 12.1 Å². The largest absolute Gasteiger partial charge is 0.393 e. The molecule has 1 aromatic rings. The highest BCUT2D eigenvalue weighted by Crippen LogP contribution is 2.18. The van der Waals surface area contributed by atoms with Crippen LogP contribution in [0.2, 0.25) is 0 Å². The Morgan fingerprint density at radius 2 is 2.57 bits per heavy atom. The van der Waals surface area contributed by atoms with Crippen molar-refractivity contribution < 1.29 is 9.84 Å². The Balaban J connectivity index is 1.95. The van der Waals surface area contributed by atoms with E-state index in [2.05, 4.69) is 5.10 Å². The third kappa shape index (κ3) is 2.13. The van der Waals surface area contributed by atoms with E-state index in [1.807, 2.05) is 19.3 Å². The monoisotopic (exact) mass is 196 g/mol. The number of rotatable bonds is 2. The van der Waals surface area contributed by atoms with Gasteiger partial charge < -0.3 is 9.84 Å². The zero-order valence-electron chi connectivity index (χ0n) is 8.39. The Morgan fingerprint density at radius 1 is 1.71 bits per heavy atom. The number of hydrogen-bond acceptors (Lipinski definition) is 3. The highest BCUT2D eigenvalue weighted by Gasteiger charge is 2.24. The average Bonchev–Trinajstić information content (AvgIpc) is 2.56. The van der Waals surface area contributed by atoms with Gasteiger partial charge in [-0.3, -0.25) is 4.68 Å². The first-order valence-electron chi connectivity index (χ1n) is 5.00. The maximum absolute atomic E-state index is 9.72. The van der Waals surface area contributed by atoms with Crippen molar-refractivity contribution >= 4 is 0 Å². The number of hydrogen-bond donors (Lipinski definition) is 1. The Hall–Kier alpha value is -0.870. The van der Waals surface area contributed by atoms with Crippen molar-refractivity contribution in [2.24, 2.45) is 13.0 Å². The predicted molar refractivity (Wildman–Crippen MR) is 51.8 cm³/mol. The van der Waals surface area contributed by atoms with Gasteiger partial charge in [-0.2, -0.15) is 5.10 Å². The molecule has 0 spiro atoms. The van der Waals surface area contributed by atoms with Gasteiger partial charge in [0.2, 0.25) is 0 Å². The quantitative estimate of drug-likeness (QED) is 0.743. The summed E-state index contributed by atoms with van der Waals surface area (Å²) in [6, 6.07) is 1.99. The maximum atomic E-state index is 9.72. The second-order valence-electron chi connectivity index (χ2n) is 3.88. The molecule has 78 valence electrons. The molecule has 14 heavy (non-hydrogen) atoms. The first-order chi connectivity index (χ1) is 6.75. The molecule has 0 aromatic carbocycles. The van der Waals surface area contributed by atoms with E-state index in [-0.39, 0.29) is 12.0 Å². The second kappa shape index (κ2) is 4.11. The summed E-state index contributed by atoms with van der Waals surface area (Å²) in [5.74, 6) is 0.207. The van der Waals surface area contributed by atoms with Gasteiger partial charge in [-0.05, 0) is 18.9 Å². The minimum atomic E-state index is -0.231. The normalized spacial score (nSPS) is 27.9. The lowest BCUT2D eigenvalue weighted by molar-refractivity contribution is -0.0354. The molecule has 0 amide bonds. The van der Waals surface area contributed by atoms with Gasteiger partial charge in [0.15, 0.2) is 0 Å². The van der Waals surface area contributed by atoms with E-state index >= 15 is 0 Å². The zero-order chi connectivity index (χ0) is 9.97. The smallest absolute Gasteiger partial charge is 0.0629 e. The lowest BCUT2D eigenvalue weighted by atomic mass is 9.94. The van der Waals surface area contributed by atoms with E-state index in [0.717, 1.165) is 18.5 Å². The fourth-order valence-electron chi connectivity index (χ4n) is 1.82. The minimum Gasteiger partial charge on any atom is -0.393 e. The topological polar surface area (TPSA) is 47.3 Å². The molecule has 0 aliphatic carbocycles. The number of aliphatic hydroxyl groups excluding tert-OH is 1. The third-order valence-corrected chi connectivity index (χ3v) is 2.67. The Labute approximate surface area is 83.5 Å². The molecule has 2 heterocycles. The van der Waals surface area contributed by atoms with Crippen molar-refractivity contribution in [1.29, 1.82) is 0 Å². The maximum Gasteiger partial charge on any atom is 0.0629 e. The van der Waals surface area contributed by atoms with Crippen LogP contribution >= 0.6 is 0 Å². The molecular weight excluding hydrogens is 180 g/mol. The molecule has 1 saturated heterocycles. The fraction of sp³-hybridized carbons (Fsp3) is 0.700. The summed E-state index contributed by atoms with van der Waals surface area (Å²) < 4.78 is 7.12. The third-order valence-electron chi connectivity index (χ3n) is 2.67. The molecule has 1 aliphatic heterocycles. The van der Waals surface area contributed by atoms with Gasteiger partial charge >= 0.3 is 0 Å². The van der Waals surface area contributed by atoms with Crippen molar-refractivity contribution in [2.45, 2.75) is 18.9 Å². The van der Waals surface area contributed by atoms with Gasteiger partial charge in [-0.1, -0.05) is 0 Å². The van der Waals surface area contributed by atoms with Crippen LogP contribution in [-0.4, -0.2) is 34.2 Å². The van der Waals surface area contributed by atoms with Crippen LogP contribution in [0.4, 0.5) is 0 Å². The number of ether oxygens (including phenoxy) is 1. The van der Waals surface area contributed by atoms with Crippen molar-refractivity contribution in [3.8, 4) is 0 Å². The lowest BCUT2D eigenvalue weighted by Gasteiger charge is -2.26. The van der Waals surface area contributed by atoms with Gasteiger partial charge in [-0.15, -0.1) is 0 Å². The van der Waals surface area contributed by atoms with Gasteiger partial charge in [0.25, 0.3) is 0 Å². The highest BCUT2D eigenvalue weighted by molar-refractivity contribution is 5.01. The zero-order valence-corrected chi connectivity index (χ0v) is 8.39. The molecule has 2 atom stereocenters. The molecule has 0 radical (unpaired) electrons. The molecule has 2 rings (SSSR count). The molecule has 1 N–H and O–H groups in total. The second-order valence-corrected chi connectivity index (χ2v) is 3.88. The molecular formula is C10H16N2O2. The molecule has 0 bridgehead atoms. The van der Waals surface area contributed by atoms with E-state index in [1.165, 1.54) is 0 Å². The molecule has 1 fully saturated rings. The van der Waals surface area contributed by atoms with Gasteiger partial charge in [0.05, 0.1) is 18.4 Å². The van der Waals surface area contributed by atoms with Crippen LogP contribution in [-0.2, 0) is 18.2 Å².